The molecule has 0 atom stereocenters. The molecule has 4 nitrogen and oxygen atoms in total. The highest BCUT2D eigenvalue weighted by atomic mass is 16.5. The van der Waals surface area contributed by atoms with Gasteiger partial charge in [0.25, 0.3) is 0 Å². The molecule has 0 aliphatic heterocycles. The van der Waals surface area contributed by atoms with E-state index in [1.807, 2.05) is 18.2 Å². The summed E-state index contributed by atoms with van der Waals surface area (Å²) in [7, 11) is 1.70. The molecule has 2 aromatic heterocycles. The number of methoxy groups -OCH3 is 1. The van der Waals surface area contributed by atoms with Crippen molar-refractivity contribution in [2.24, 2.45) is 0 Å². The number of fused-ring (bicyclic) bond motifs is 1. The molecular formula is C26H31NO3. The number of nitrogens with zero attached hydrogens (tertiary/aromatic N) is 1. The van der Waals surface area contributed by atoms with Gasteiger partial charge in [-0.15, -0.1) is 0 Å². The number of ether oxygens (including phenoxy) is 1. The molecule has 0 saturated heterocycles. The van der Waals surface area contributed by atoms with Gasteiger partial charge in [-0.3, -0.25) is 4.98 Å². The van der Waals surface area contributed by atoms with E-state index >= 15 is 0 Å². The van der Waals surface area contributed by atoms with Gasteiger partial charge in [0.1, 0.15) is 11.3 Å². The van der Waals surface area contributed by atoms with Gasteiger partial charge in [0.2, 0.25) is 0 Å². The molecule has 4 heteroatoms. The molecule has 30 heavy (non-hydrogen) atoms. The van der Waals surface area contributed by atoms with Crippen molar-refractivity contribution in [2.75, 3.05) is 7.11 Å². The van der Waals surface area contributed by atoms with Gasteiger partial charge < -0.3 is 9.15 Å². The van der Waals surface area contributed by atoms with E-state index < -0.39 is 0 Å². The highest BCUT2D eigenvalue weighted by molar-refractivity contribution is 5.85. The molecule has 0 unspecified atom stereocenters. The second kappa shape index (κ2) is 9.03. The Balaban J connectivity index is 1.79. The average molecular weight is 406 g/mol. The maximum absolute atomic E-state index is 12.7. The standard InChI is InChI=1S/C26H31NO3/c1-3-4-10-26(11-6-5-7-12-26)21-16-23(29-2)22-15-20(25(28)30-24(22)17-21)14-19-9-8-13-27-18-19/h8-9,13,15-18H,3-7,10-12,14H2,1-2H3. The molecule has 2 heterocycles. The first-order valence-corrected chi connectivity index (χ1v) is 11.2. The zero-order valence-corrected chi connectivity index (χ0v) is 18.1. The quantitative estimate of drug-likeness (QED) is 0.441. The van der Waals surface area contributed by atoms with Crippen molar-refractivity contribution in [3.63, 3.8) is 0 Å². The molecule has 1 fully saturated rings. The summed E-state index contributed by atoms with van der Waals surface area (Å²) in [6, 6.07) is 10.1. The normalized spacial score (nSPS) is 15.9. The van der Waals surface area contributed by atoms with E-state index in [1.165, 1.54) is 56.9 Å². The van der Waals surface area contributed by atoms with Crippen LogP contribution in [-0.2, 0) is 11.8 Å². The predicted octanol–water partition coefficient (Wildman–Crippen LogP) is 6.18. The van der Waals surface area contributed by atoms with Crippen LogP contribution < -0.4 is 10.4 Å². The summed E-state index contributed by atoms with van der Waals surface area (Å²) in [4.78, 5) is 16.9. The Morgan fingerprint density at radius 1 is 1.17 bits per heavy atom. The van der Waals surface area contributed by atoms with Crippen LogP contribution in [0.4, 0.5) is 0 Å². The average Bonchev–Trinajstić information content (AvgIpc) is 2.79. The van der Waals surface area contributed by atoms with Crippen molar-refractivity contribution in [2.45, 2.75) is 70.1 Å². The summed E-state index contributed by atoms with van der Waals surface area (Å²) < 4.78 is 11.6. The van der Waals surface area contributed by atoms with E-state index in [0.29, 0.717) is 17.6 Å². The molecule has 158 valence electrons. The van der Waals surface area contributed by atoms with Crippen LogP contribution in [0.25, 0.3) is 11.0 Å². The van der Waals surface area contributed by atoms with Crippen LogP contribution >= 0.6 is 0 Å². The number of hydrogen-bond acceptors (Lipinski definition) is 4. The van der Waals surface area contributed by atoms with Gasteiger partial charge in [0.15, 0.2) is 0 Å². The summed E-state index contributed by atoms with van der Waals surface area (Å²) >= 11 is 0. The smallest absolute Gasteiger partial charge is 0.339 e. The van der Waals surface area contributed by atoms with Crippen molar-refractivity contribution in [1.29, 1.82) is 0 Å². The zero-order chi connectivity index (χ0) is 21.0. The van der Waals surface area contributed by atoms with Crippen LogP contribution in [0.5, 0.6) is 5.75 Å². The van der Waals surface area contributed by atoms with Gasteiger partial charge in [-0.1, -0.05) is 45.1 Å². The SMILES string of the molecule is CCCCC1(c2cc(OC)c3cc(Cc4cccnc4)c(=O)oc3c2)CCCCC1. The summed E-state index contributed by atoms with van der Waals surface area (Å²) in [5.41, 5.74) is 3.40. The molecule has 0 amide bonds. The maximum Gasteiger partial charge on any atom is 0.339 e. The minimum absolute atomic E-state index is 0.169. The minimum atomic E-state index is -0.281. The fraction of sp³-hybridized carbons (Fsp3) is 0.462. The Morgan fingerprint density at radius 2 is 2.00 bits per heavy atom. The van der Waals surface area contributed by atoms with Crippen LogP contribution in [0.3, 0.4) is 0 Å². The summed E-state index contributed by atoms with van der Waals surface area (Å²) in [6.45, 7) is 2.25. The number of hydrogen-bond donors (Lipinski definition) is 0. The monoisotopic (exact) mass is 405 g/mol. The molecule has 1 aromatic carbocycles. The van der Waals surface area contributed by atoms with E-state index in [4.69, 9.17) is 9.15 Å². The number of unbranched alkanes of at least 4 members (excludes halogenated alkanes) is 1. The van der Waals surface area contributed by atoms with Gasteiger partial charge in [0.05, 0.1) is 12.5 Å². The topological polar surface area (TPSA) is 52.3 Å². The molecule has 3 aromatic rings. The first-order valence-electron chi connectivity index (χ1n) is 11.2. The Hall–Kier alpha value is -2.62. The third-order valence-electron chi connectivity index (χ3n) is 6.66. The third kappa shape index (κ3) is 4.14. The number of benzene rings is 1. The van der Waals surface area contributed by atoms with Crippen molar-refractivity contribution < 1.29 is 9.15 Å². The van der Waals surface area contributed by atoms with E-state index in [1.54, 1.807) is 19.5 Å². The van der Waals surface area contributed by atoms with Crippen LogP contribution in [0.1, 0.15) is 75.0 Å². The number of pyridine rings is 1. The fourth-order valence-corrected chi connectivity index (χ4v) is 4.97. The van der Waals surface area contributed by atoms with Crippen LogP contribution in [0, 0.1) is 0 Å². The number of rotatable bonds is 7. The van der Waals surface area contributed by atoms with Crippen LogP contribution in [-0.4, -0.2) is 12.1 Å². The van der Waals surface area contributed by atoms with Crippen LogP contribution in [0.2, 0.25) is 0 Å². The van der Waals surface area contributed by atoms with E-state index in [9.17, 15) is 4.79 Å². The second-order valence-electron chi connectivity index (χ2n) is 8.63. The Bertz CT molecular complexity index is 1050. The predicted molar refractivity (Wildman–Crippen MR) is 120 cm³/mol. The molecule has 0 radical (unpaired) electrons. The zero-order valence-electron chi connectivity index (χ0n) is 18.1. The Labute approximate surface area is 178 Å². The highest BCUT2D eigenvalue weighted by Crippen LogP contribution is 2.45. The lowest BCUT2D eigenvalue weighted by Gasteiger charge is -2.38. The highest BCUT2D eigenvalue weighted by Gasteiger charge is 2.34. The van der Waals surface area contributed by atoms with Gasteiger partial charge in [0, 0.05) is 24.4 Å². The van der Waals surface area contributed by atoms with Crippen molar-refractivity contribution in [3.05, 3.63) is 69.8 Å². The van der Waals surface area contributed by atoms with Crippen molar-refractivity contribution in [1.82, 2.24) is 4.98 Å². The molecule has 1 aliphatic carbocycles. The lowest BCUT2D eigenvalue weighted by molar-refractivity contribution is 0.266. The Kier molecular flexibility index (Phi) is 6.21. The van der Waals surface area contributed by atoms with E-state index in [-0.39, 0.29) is 11.0 Å². The molecule has 0 bridgehead atoms. The summed E-state index contributed by atoms with van der Waals surface area (Å²) in [5.74, 6) is 0.792. The second-order valence-corrected chi connectivity index (χ2v) is 8.63. The molecule has 4 rings (SSSR count). The van der Waals surface area contributed by atoms with E-state index in [0.717, 1.165) is 16.7 Å². The number of aromatic nitrogens is 1. The maximum atomic E-state index is 12.7. The van der Waals surface area contributed by atoms with Gasteiger partial charge in [-0.25, -0.2) is 4.79 Å². The summed E-state index contributed by atoms with van der Waals surface area (Å²) in [5, 5.41) is 0.862. The minimum Gasteiger partial charge on any atom is -0.496 e. The van der Waals surface area contributed by atoms with Crippen molar-refractivity contribution in [3.8, 4) is 5.75 Å². The molecular weight excluding hydrogens is 374 g/mol. The van der Waals surface area contributed by atoms with Gasteiger partial charge in [-0.05, 0) is 60.1 Å². The molecule has 0 N–H and O–H groups in total. The third-order valence-corrected chi connectivity index (χ3v) is 6.66. The molecule has 0 spiro atoms. The Morgan fingerprint density at radius 3 is 2.70 bits per heavy atom. The van der Waals surface area contributed by atoms with E-state index in [2.05, 4.69) is 24.0 Å². The first-order chi connectivity index (χ1) is 14.6. The molecule has 1 saturated carbocycles. The lowest BCUT2D eigenvalue weighted by atomic mass is 9.66. The van der Waals surface area contributed by atoms with Gasteiger partial charge in [-0.2, -0.15) is 0 Å². The lowest BCUT2D eigenvalue weighted by Crippen LogP contribution is -2.29. The van der Waals surface area contributed by atoms with Crippen LogP contribution in [0.15, 0.2) is 51.9 Å². The first kappa shape index (κ1) is 20.6. The summed E-state index contributed by atoms with van der Waals surface area (Å²) in [6.07, 6.45) is 13.8. The van der Waals surface area contributed by atoms with Gasteiger partial charge >= 0.3 is 5.63 Å². The van der Waals surface area contributed by atoms with Crippen molar-refractivity contribution >= 4 is 11.0 Å². The largest absolute Gasteiger partial charge is 0.496 e. The fourth-order valence-electron chi connectivity index (χ4n) is 4.97. The molecule has 1 aliphatic rings.